The zero-order chi connectivity index (χ0) is 28.9. The molecule has 12 heteroatoms. The van der Waals surface area contributed by atoms with E-state index in [9.17, 15) is 4.79 Å². The molecular weight excluding hydrogens is 540 g/mol. The molecule has 1 unspecified atom stereocenters. The van der Waals surface area contributed by atoms with Crippen LogP contribution in [-0.4, -0.2) is 123 Å². The predicted molar refractivity (Wildman–Crippen MR) is 157 cm³/mol. The number of morpholine rings is 1. The van der Waals surface area contributed by atoms with Gasteiger partial charge in [0.2, 0.25) is 12.7 Å². The summed E-state index contributed by atoms with van der Waals surface area (Å²) in [5, 5.41) is 0. The molecule has 1 aromatic rings. The second-order valence-electron chi connectivity index (χ2n) is 11.0. The Morgan fingerprint density at radius 3 is 2.86 bits per heavy atom. The van der Waals surface area contributed by atoms with Crippen molar-refractivity contribution in [2.75, 3.05) is 79.7 Å². The SMILES string of the molecule is CC1C(=O)COCCC2=CN3C=C(OCCCN4CCOCC4)N(C3)C2=Nc2c(ccc3c2OCO3)CN=CCN1C. The summed E-state index contributed by atoms with van der Waals surface area (Å²) in [4.78, 5) is 31.2. The molecule has 0 saturated carbocycles. The summed E-state index contributed by atoms with van der Waals surface area (Å²) in [7, 11) is 1.92. The van der Waals surface area contributed by atoms with Crippen molar-refractivity contribution < 1.29 is 28.5 Å². The largest absolute Gasteiger partial charge is 0.478 e. The number of Topliss-reactive ketones (excluding diaryl/α,β-unsaturated/α-hetero) is 1. The van der Waals surface area contributed by atoms with Gasteiger partial charge in [0, 0.05) is 56.2 Å². The van der Waals surface area contributed by atoms with Gasteiger partial charge in [-0.2, -0.15) is 0 Å². The number of aliphatic imine (C=N–C) groups is 2. The Labute approximate surface area is 246 Å². The van der Waals surface area contributed by atoms with Gasteiger partial charge in [-0.3, -0.25) is 24.5 Å². The summed E-state index contributed by atoms with van der Waals surface area (Å²) in [6, 6.07) is 3.64. The van der Waals surface area contributed by atoms with Crippen LogP contribution in [0.3, 0.4) is 0 Å². The predicted octanol–water partition coefficient (Wildman–Crippen LogP) is 2.34. The molecule has 5 aliphatic heterocycles. The normalized spacial score (nSPS) is 23.7. The zero-order valence-electron chi connectivity index (χ0n) is 24.5. The van der Waals surface area contributed by atoms with Crippen molar-refractivity contribution in [2.24, 2.45) is 9.98 Å². The number of amidine groups is 1. The fourth-order valence-electron chi connectivity index (χ4n) is 5.46. The zero-order valence-corrected chi connectivity index (χ0v) is 24.5. The second-order valence-corrected chi connectivity index (χ2v) is 11.0. The van der Waals surface area contributed by atoms with Crippen LogP contribution in [0.2, 0.25) is 0 Å². The molecule has 42 heavy (non-hydrogen) atoms. The molecule has 5 heterocycles. The van der Waals surface area contributed by atoms with Crippen molar-refractivity contribution in [3.63, 3.8) is 0 Å². The lowest BCUT2D eigenvalue weighted by atomic mass is 10.1. The van der Waals surface area contributed by atoms with E-state index < -0.39 is 0 Å². The molecule has 0 spiro atoms. The van der Waals surface area contributed by atoms with E-state index in [4.69, 9.17) is 28.7 Å². The van der Waals surface area contributed by atoms with Crippen LogP contribution in [0.15, 0.2) is 46.0 Å². The van der Waals surface area contributed by atoms with Gasteiger partial charge in [0.15, 0.2) is 17.3 Å². The van der Waals surface area contributed by atoms with Gasteiger partial charge in [-0.05, 0) is 26.5 Å². The lowest BCUT2D eigenvalue weighted by molar-refractivity contribution is -0.127. The number of rotatable bonds is 5. The van der Waals surface area contributed by atoms with Crippen molar-refractivity contribution in [3.05, 3.63) is 41.6 Å². The molecule has 5 aliphatic rings. The molecule has 2 bridgehead atoms. The van der Waals surface area contributed by atoms with E-state index in [1.54, 1.807) is 0 Å². The third-order valence-corrected chi connectivity index (χ3v) is 8.15. The summed E-state index contributed by atoms with van der Waals surface area (Å²) >= 11 is 0. The van der Waals surface area contributed by atoms with Crippen molar-refractivity contribution in [2.45, 2.75) is 32.4 Å². The molecular formula is C30H40N6O6. The lowest BCUT2D eigenvalue weighted by Crippen LogP contribution is -2.39. The summed E-state index contributed by atoms with van der Waals surface area (Å²) in [5.74, 6) is 2.87. The van der Waals surface area contributed by atoms with Gasteiger partial charge >= 0.3 is 0 Å². The summed E-state index contributed by atoms with van der Waals surface area (Å²) in [6.07, 6.45) is 7.45. The van der Waals surface area contributed by atoms with E-state index in [2.05, 4.69) is 25.9 Å². The van der Waals surface area contributed by atoms with E-state index in [1.807, 2.05) is 43.4 Å². The van der Waals surface area contributed by atoms with Crippen molar-refractivity contribution in [1.29, 1.82) is 0 Å². The smallest absolute Gasteiger partial charge is 0.231 e. The highest BCUT2D eigenvalue weighted by molar-refractivity contribution is 6.02. The lowest BCUT2D eigenvalue weighted by Gasteiger charge is -2.30. The van der Waals surface area contributed by atoms with Crippen molar-refractivity contribution in [1.82, 2.24) is 19.6 Å². The Balaban J connectivity index is 1.26. The molecule has 1 fully saturated rings. The molecule has 12 nitrogen and oxygen atoms in total. The molecule has 0 N–H and O–H groups in total. The maximum atomic E-state index is 12.7. The first-order valence-electron chi connectivity index (χ1n) is 14.7. The number of likely N-dealkylation sites (N-methyl/N-ethyl adjacent to an activating group) is 1. The topological polar surface area (TPSA) is 101 Å². The van der Waals surface area contributed by atoms with Gasteiger partial charge in [-0.1, -0.05) is 6.07 Å². The molecule has 0 aromatic heterocycles. The minimum Gasteiger partial charge on any atom is -0.478 e. The van der Waals surface area contributed by atoms with Gasteiger partial charge < -0.3 is 28.6 Å². The fourth-order valence-corrected chi connectivity index (χ4v) is 5.46. The number of ether oxygens (including phenoxy) is 5. The Bertz CT molecular complexity index is 1270. The first-order chi connectivity index (χ1) is 20.6. The van der Waals surface area contributed by atoms with Gasteiger partial charge in [0.05, 0.1) is 45.2 Å². The number of benzene rings is 1. The van der Waals surface area contributed by atoms with Gasteiger partial charge in [0.25, 0.3) is 0 Å². The Hall–Kier alpha value is -3.45. The maximum Gasteiger partial charge on any atom is 0.231 e. The minimum absolute atomic E-state index is 0.0459. The van der Waals surface area contributed by atoms with Crippen molar-refractivity contribution in [3.8, 4) is 11.5 Å². The fraction of sp³-hybridized carbons (Fsp3) is 0.567. The summed E-state index contributed by atoms with van der Waals surface area (Å²) < 4.78 is 29.3. The van der Waals surface area contributed by atoms with Crippen LogP contribution in [0.1, 0.15) is 25.3 Å². The van der Waals surface area contributed by atoms with Crippen LogP contribution in [0.5, 0.6) is 11.5 Å². The summed E-state index contributed by atoms with van der Waals surface area (Å²) in [6.45, 7) is 9.20. The van der Waals surface area contributed by atoms with E-state index in [0.29, 0.717) is 56.6 Å². The number of hydrogen-bond donors (Lipinski definition) is 0. The van der Waals surface area contributed by atoms with Crippen LogP contribution in [0, 0.1) is 0 Å². The van der Waals surface area contributed by atoms with Gasteiger partial charge in [-0.15, -0.1) is 0 Å². The average molecular weight is 581 g/mol. The standard InChI is InChI=1S/C30H40N6O6/c1-22-25(37)19-39-13-6-24-17-35-18-27(40-12-3-8-34-10-14-38-15-11-34)36(20-35)30(24)32-28-23(16-31-7-9-33(22)2)4-5-26-29(28)42-21-41-26/h4-5,7,17-18,22H,3,6,8-16,19-21H2,1-2H3. The average Bonchev–Trinajstić information content (AvgIpc) is 3.62. The number of hydrogen-bond acceptors (Lipinski definition) is 12. The third-order valence-electron chi connectivity index (χ3n) is 8.15. The molecule has 1 aromatic carbocycles. The van der Waals surface area contributed by atoms with Gasteiger partial charge in [0.1, 0.15) is 24.8 Å². The Morgan fingerprint density at radius 1 is 1.10 bits per heavy atom. The van der Waals surface area contributed by atoms with E-state index >= 15 is 0 Å². The molecule has 1 saturated heterocycles. The number of fused-ring (bicyclic) bond motifs is 7. The number of carbonyl (C=O) groups excluding carboxylic acids is 1. The first-order valence-corrected chi connectivity index (χ1v) is 14.7. The van der Waals surface area contributed by atoms with Crippen molar-refractivity contribution >= 4 is 23.5 Å². The highest BCUT2D eigenvalue weighted by atomic mass is 16.7. The molecule has 0 amide bonds. The minimum atomic E-state index is -0.267. The molecule has 0 radical (unpaired) electrons. The summed E-state index contributed by atoms with van der Waals surface area (Å²) in [5.41, 5.74) is 2.62. The molecule has 6 rings (SSSR count). The number of nitrogens with zero attached hydrogens (tertiary/aromatic N) is 6. The highest BCUT2D eigenvalue weighted by Crippen LogP contribution is 2.44. The third kappa shape index (κ3) is 6.46. The second kappa shape index (κ2) is 13.2. The van der Waals surface area contributed by atoms with E-state index in [-0.39, 0.29) is 25.2 Å². The maximum absolute atomic E-state index is 12.7. The highest BCUT2D eigenvalue weighted by Gasteiger charge is 2.34. The molecule has 0 aliphatic carbocycles. The van der Waals surface area contributed by atoms with E-state index in [0.717, 1.165) is 62.1 Å². The van der Waals surface area contributed by atoms with Gasteiger partial charge in [-0.25, -0.2) is 4.99 Å². The van der Waals surface area contributed by atoms with Crippen LogP contribution < -0.4 is 9.47 Å². The monoisotopic (exact) mass is 580 g/mol. The molecule has 226 valence electrons. The number of carbonyl (C=O) groups is 1. The molecule has 1 atom stereocenters. The quantitative estimate of drug-likeness (QED) is 0.483. The first kappa shape index (κ1) is 28.7. The van der Waals surface area contributed by atoms with Crippen LogP contribution >= 0.6 is 0 Å². The van der Waals surface area contributed by atoms with Crippen LogP contribution in [0.4, 0.5) is 5.69 Å². The Kier molecular flexibility index (Phi) is 9.04. The van der Waals surface area contributed by atoms with Crippen LogP contribution in [-0.2, 0) is 25.5 Å². The van der Waals surface area contributed by atoms with E-state index in [1.165, 1.54) is 0 Å². The Morgan fingerprint density at radius 2 is 1.98 bits per heavy atom. The van der Waals surface area contributed by atoms with Crippen LogP contribution in [0.25, 0.3) is 0 Å². The number of ketones is 1.